The molecule has 1 aromatic carbocycles. The second kappa shape index (κ2) is 9.65. The number of H-pyrrole nitrogens is 1. The lowest BCUT2D eigenvalue weighted by molar-refractivity contribution is 0.102. The van der Waals surface area contributed by atoms with Crippen LogP contribution >= 0.6 is 0 Å². The van der Waals surface area contributed by atoms with Crippen LogP contribution < -0.4 is 5.32 Å². The largest absolute Gasteiger partial charge is 0.319 e. The van der Waals surface area contributed by atoms with E-state index in [-0.39, 0.29) is 11.4 Å². The number of nitrogens with one attached hydrogen (secondary N) is 2. The number of benzene rings is 1. The Kier molecular flexibility index (Phi) is 6.51. The highest BCUT2D eigenvalue weighted by atomic mass is 19.1. The molecule has 0 aliphatic carbocycles. The number of nitrogens with zero attached hydrogens (tertiary/aromatic N) is 4. The highest BCUT2D eigenvalue weighted by Crippen LogP contribution is 2.24. The van der Waals surface area contributed by atoms with Gasteiger partial charge in [0.15, 0.2) is 5.69 Å². The van der Waals surface area contributed by atoms with E-state index < -0.39 is 11.7 Å². The molecule has 8 heteroatoms. The Morgan fingerprint density at radius 3 is 2.88 bits per heavy atom. The first kappa shape index (κ1) is 21.6. The van der Waals surface area contributed by atoms with Crippen molar-refractivity contribution < 1.29 is 9.18 Å². The third-order valence-electron chi connectivity index (χ3n) is 5.46. The fourth-order valence-electron chi connectivity index (χ4n) is 3.90. The minimum atomic E-state index is -0.524. The van der Waals surface area contributed by atoms with Gasteiger partial charge in [0.2, 0.25) is 0 Å². The number of aliphatic imine (C=N–C) groups is 1. The minimum absolute atomic E-state index is 0.236. The summed E-state index contributed by atoms with van der Waals surface area (Å²) in [5.74, 6) is -0.961. The Labute approximate surface area is 185 Å². The molecule has 4 rings (SSSR count). The average Bonchev–Trinajstić information content (AvgIpc) is 3.43. The molecule has 0 radical (unpaired) electrons. The summed E-state index contributed by atoms with van der Waals surface area (Å²) in [7, 11) is 0. The molecule has 32 heavy (non-hydrogen) atoms. The molecule has 1 saturated heterocycles. The van der Waals surface area contributed by atoms with Crippen molar-refractivity contribution >= 4 is 34.8 Å². The number of pyridine rings is 1. The molecule has 0 atom stereocenters. The van der Waals surface area contributed by atoms with E-state index in [0.29, 0.717) is 5.39 Å². The fourth-order valence-corrected chi connectivity index (χ4v) is 3.90. The predicted molar refractivity (Wildman–Crippen MR) is 125 cm³/mol. The van der Waals surface area contributed by atoms with E-state index in [1.54, 1.807) is 6.20 Å². The number of aromatic amines is 1. The van der Waals surface area contributed by atoms with Crippen LogP contribution in [0, 0.1) is 5.82 Å². The van der Waals surface area contributed by atoms with Gasteiger partial charge in [-0.15, -0.1) is 0 Å². The number of amides is 1. The first-order valence-electron chi connectivity index (χ1n) is 10.5. The lowest BCUT2D eigenvalue weighted by Gasteiger charge is -2.15. The van der Waals surface area contributed by atoms with E-state index in [1.807, 2.05) is 25.1 Å². The van der Waals surface area contributed by atoms with E-state index >= 15 is 0 Å². The van der Waals surface area contributed by atoms with Crippen LogP contribution in [0.1, 0.15) is 35.8 Å². The lowest BCUT2D eigenvalue weighted by Crippen LogP contribution is -2.21. The number of aromatic nitrogens is 3. The smallest absolute Gasteiger partial charge is 0.276 e. The molecule has 2 N–H and O–H groups in total. The maximum atomic E-state index is 13.4. The quantitative estimate of drug-likeness (QED) is 0.427. The van der Waals surface area contributed by atoms with Gasteiger partial charge in [-0.3, -0.25) is 24.8 Å². The van der Waals surface area contributed by atoms with Gasteiger partial charge in [0.05, 0.1) is 23.6 Å². The van der Waals surface area contributed by atoms with Gasteiger partial charge >= 0.3 is 0 Å². The van der Waals surface area contributed by atoms with Gasteiger partial charge in [0.1, 0.15) is 5.82 Å². The van der Waals surface area contributed by atoms with Gasteiger partial charge in [-0.1, -0.05) is 12.1 Å². The molecule has 0 unspecified atom stereocenters. The molecule has 0 spiro atoms. The summed E-state index contributed by atoms with van der Waals surface area (Å²) in [5.41, 5.74) is 4.35. The first-order valence-corrected chi connectivity index (χ1v) is 10.5. The molecule has 3 heterocycles. The molecule has 1 aliphatic heterocycles. The molecule has 1 amide bonds. The topological polar surface area (TPSA) is 86.3 Å². The highest BCUT2D eigenvalue weighted by molar-refractivity contribution is 6.11. The van der Waals surface area contributed by atoms with Crippen molar-refractivity contribution in [3.63, 3.8) is 0 Å². The van der Waals surface area contributed by atoms with Gasteiger partial charge in [0, 0.05) is 24.2 Å². The number of rotatable bonds is 7. The van der Waals surface area contributed by atoms with E-state index in [9.17, 15) is 9.18 Å². The molecule has 3 aromatic rings. The van der Waals surface area contributed by atoms with Crippen molar-refractivity contribution in [2.75, 3.05) is 25.0 Å². The molecular formula is C24H25FN6O. The Morgan fingerprint density at radius 1 is 1.31 bits per heavy atom. The zero-order valence-electron chi connectivity index (χ0n) is 17.9. The minimum Gasteiger partial charge on any atom is -0.319 e. The van der Waals surface area contributed by atoms with E-state index in [0.717, 1.165) is 48.1 Å². The van der Waals surface area contributed by atoms with Crippen molar-refractivity contribution in [2.45, 2.75) is 19.8 Å². The monoisotopic (exact) mass is 432 g/mol. The van der Waals surface area contributed by atoms with E-state index in [1.165, 1.54) is 25.1 Å². The number of hydrogen-bond donors (Lipinski definition) is 2. The number of anilines is 1. The molecule has 1 fully saturated rings. The number of halogens is 1. The van der Waals surface area contributed by atoms with Crippen LogP contribution in [0.3, 0.4) is 0 Å². The van der Waals surface area contributed by atoms with Crippen LogP contribution in [-0.4, -0.2) is 52.3 Å². The number of hydrogen-bond acceptors (Lipinski definition) is 5. The predicted octanol–water partition coefficient (Wildman–Crippen LogP) is 4.43. The Hall–Kier alpha value is -3.65. The van der Waals surface area contributed by atoms with Gasteiger partial charge in [0.25, 0.3) is 5.91 Å². The zero-order valence-corrected chi connectivity index (χ0v) is 17.9. The molecule has 0 bridgehead atoms. The van der Waals surface area contributed by atoms with Gasteiger partial charge in [-0.05, 0) is 68.4 Å². The van der Waals surface area contributed by atoms with Crippen LogP contribution in [0.15, 0.2) is 59.5 Å². The summed E-state index contributed by atoms with van der Waals surface area (Å²) in [5, 5.41) is 10.4. The van der Waals surface area contributed by atoms with Gasteiger partial charge in [-0.25, -0.2) is 4.39 Å². The molecule has 2 aromatic heterocycles. The average molecular weight is 433 g/mol. The molecule has 1 aliphatic rings. The summed E-state index contributed by atoms with van der Waals surface area (Å²) in [6.07, 6.45) is 8.82. The number of likely N-dealkylation sites (tertiary alicyclic amines) is 1. The lowest BCUT2D eigenvalue weighted by atomic mass is 10.0. The second-order valence-corrected chi connectivity index (χ2v) is 7.88. The number of carbonyl (C=O) groups excluding carboxylic acids is 1. The number of allylic oxidation sites excluding steroid dienone is 1. The van der Waals surface area contributed by atoms with Crippen molar-refractivity contribution in [2.24, 2.45) is 4.99 Å². The van der Waals surface area contributed by atoms with Crippen molar-refractivity contribution in [1.29, 1.82) is 0 Å². The Balaban J connectivity index is 1.59. The molecule has 7 nitrogen and oxygen atoms in total. The highest BCUT2D eigenvalue weighted by Gasteiger charge is 2.16. The standard InChI is InChI=1S/C24H25FN6O/c1-16(9-17(12-26-2)15-31-7-3-4-8-31)18-5-6-22-21(10-18)23(30-29-22)24(32)28-20-11-19(25)13-27-14-20/h5-6,9-14H,2-4,7-8,15H2,1H3,(H,28,32)(H,29,30)/b16-9+,17-12+. The molecule has 164 valence electrons. The maximum absolute atomic E-state index is 13.4. The number of carbonyl (C=O) groups is 1. The van der Waals surface area contributed by atoms with E-state index in [4.69, 9.17) is 0 Å². The maximum Gasteiger partial charge on any atom is 0.276 e. The summed E-state index contributed by atoms with van der Waals surface area (Å²) >= 11 is 0. The van der Waals surface area contributed by atoms with Crippen LogP contribution in [0.25, 0.3) is 16.5 Å². The summed E-state index contributed by atoms with van der Waals surface area (Å²) < 4.78 is 13.4. The van der Waals surface area contributed by atoms with Crippen molar-refractivity contribution in [3.8, 4) is 0 Å². The van der Waals surface area contributed by atoms with Crippen molar-refractivity contribution in [1.82, 2.24) is 20.1 Å². The van der Waals surface area contributed by atoms with Gasteiger partial charge in [-0.2, -0.15) is 5.10 Å². The van der Waals surface area contributed by atoms with Crippen LogP contribution in [0.2, 0.25) is 0 Å². The molecular weight excluding hydrogens is 407 g/mol. The van der Waals surface area contributed by atoms with Crippen molar-refractivity contribution in [3.05, 3.63) is 71.6 Å². The third kappa shape index (κ3) is 4.97. The Bertz CT molecular complexity index is 1210. The fraction of sp³-hybridized carbons (Fsp3) is 0.250. The summed E-state index contributed by atoms with van der Waals surface area (Å²) in [4.78, 5) is 22.9. The Morgan fingerprint density at radius 2 is 2.12 bits per heavy atom. The summed E-state index contributed by atoms with van der Waals surface area (Å²) in [6.45, 7) is 8.66. The zero-order chi connectivity index (χ0) is 22.5. The second-order valence-electron chi connectivity index (χ2n) is 7.88. The first-order chi connectivity index (χ1) is 15.5. The van der Waals surface area contributed by atoms with Gasteiger partial charge < -0.3 is 5.32 Å². The summed E-state index contributed by atoms with van der Waals surface area (Å²) in [6, 6.07) is 7.02. The normalized spacial score (nSPS) is 15.3. The van der Waals surface area contributed by atoms with Crippen LogP contribution in [0.5, 0.6) is 0 Å². The molecule has 0 saturated carbocycles. The van der Waals surface area contributed by atoms with Crippen LogP contribution in [0.4, 0.5) is 10.1 Å². The third-order valence-corrected chi connectivity index (χ3v) is 5.46. The number of fused-ring (bicyclic) bond motifs is 1. The SMILES string of the molecule is C=N/C=C(\C=C(/C)c1ccc2[nH]nc(C(=O)Nc3cncc(F)c3)c2c1)CN1CCCC1. The van der Waals surface area contributed by atoms with E-state index in [2.05, 4.69) is 43.2 Å². The van der Waals surface area contributed by atoms with Crippen LogP contribution in [-0.2, 0) is 0 Å².